The third-order valence-corrected chi connectivity index (χ3v) is 5.66. The van der Waals surface area contributed by atoms with E-state index >= 15 is 0 Å². The Morgan fingerprint density at radius 1 is 1.19 bits per heavy atom. The van der Waals surface area contributed by atoms with Gasteiger partial charge in [0.2, 0.25) is 0 Å². The zero-order valence-electron chi connectivity index (χ0n) is 16.8. The third-order valence-electron chi connectivity index (χ3n) is 5.66. The highest BCUT2D eigenvalue weighted by Crippen LogP contribution is 2.19. The highest BCUT2D eigenvalue weighted by atomic mass is 16.2. The van der Waals surface area contributed by atoms with Crippen LogP contribution in [0.3, 0.4) is 0 Å². The SMILES string of the molecule is CN(C)C(=O)N(CCN1CCCCC1)C1CCN(C(=O)c2cncn2C)C1. The van der Waals surface area contributed by atoms with Crippen molar-refractivity contribution in [3.8, 4) is 0 Å². The molecule has 0 N–H and O–H groups in total. The number of aromatic nitrogens is 2. The Morgan fingerprint density at radius 2 is 1.93 bits per heavy atom. The van der Waals surface area contributed by atoms with E-state index in [0.29, 0.717) is 18.8 Å². The number of hydrogen-bond acceptors (Lipinski definition) is 4. The fourth-order valence-electron chi connectivity index (χ4n) is 4.03. The lowest BCUT2D eigenvalue weighted by Crippen LogP contribution is -2.50. The van der Waals surface area contributed by atoms with Crippen LogP contribution in [0.2, 0.25) is 0 Å². The number of carbonyl (C=O) groups excluding carboxylic acids is 2. The smallest absolute Gasteiger partial charge is 0.319 e. The van der Waals surface area contributed by atoms with E-state index in [1.807, 2.05) is 16.8 Å². The molecule has 2 saturated heterocycles. The minimum atomic E-state index is -0.00853. The number of amides is 3. The number of piperidine rings is 1. The number of carbonyl (C=O) groups is 2. The highest BCUT2D eigenvalue weighted by molar-refractivity contribution is 5.92. The Bertz CT molecular complexity index is 652. The van der Waals surface area contributed by atoms with Crippen molar-refractivity contribution in [2.24, 2.45) is 7.05 Å². The van der Waals surface area contributed by atoms with Gasteiger partial charge in [-0.2, -0.15) is 0 Å². The Morgan fingerprint density at radius 3 is 2.56 bits per heavy atom. The van der Waals surface area contributed by atoms with Crippen molar-refractivity contribution in [3.63, 3.8) is 0 Å². The molecule has 1 aromatic rings. The second-order valence-electron chi connectivity index (χ2n) is 7.86. The van der Waals surface area contributed by atoms with Crippen molar-refractivity contribution < 1.29 is 9.59 Å². The van der Waals surface area contributed by atoms with Crippen molar-refractivity contribution in [1.29, 1.82) is 0 Å². The van der Waals surface area contributed by atoms with Gasteiger partial charge in [0.05, 0.1) is 18.6 Å². The van der Waals surface area contributed by atoms with Crippen LogP contribution in [-0.2, 0) is 7.05 Å². The molecule has 0 bridgehead atoms. The molecule has 3 amide bonds. The van der Waals surface area contributed by atoms with Crippen LogP contribution >= 0.6 is 0 Å². The summed E-state index contributed by atoms with van der Waals surface area (Å²) in [7, 11) is 5.42. The van der Waals surface area contributed by atoms with Crippen LogP contribution in [-0.4, -0.2) is 100 Å². The third kappa shape index (κ3) is 4.61. The lowest BCUT2D eigenvalue weighted by molar-refractivity contribution is 0.0764. The van der Waals surface area contributed by atoms with Crippen LogP contribution in [0.1, 0.15) is 36.2 Å². The monoisotopic (exact) mass is 376 g/mol. The maximum atomic E-state index is 12.8. The summed E-state index contributed by atoms with van der Waals surface area (Å²) in [6, 6.07) is 0.105. The summed E-state index contributed by atoms with van der Waals surface area (Å²) < 4.78 is 1.74. The summed E-state index contributed by atoms with van der Waals surface area (Å²) in [5.41, 5.74) is 0.592. The number of hydrogen-bond donors (Lipinski definition) is 0. The molecule has 0 aromatic carbocycles. The largest absolute Gasteiger partial charge is 0.335 e. The summed E-state index contributed by atoms with van der Waals surface area (Å²) in [4.78, 5) is 37.5. The predicted octanol–water partition coefficient (Wildman–Crippen LogP) is 1.10. The molecular weight excluding hydrogens is 344 g/mol. The Balaban J connectivity index is 1.63. The fraction of sp³-hybridized carbons (Fsp3) is 0.737. The molecule has 3 rings (SSSR count). The zero-order valence-corrected chi connectivity index (χ0v) is 16.8. The van der Waals surface area contributed by atoms with Gasteiger partial charge in [0.15, 0.2) is 0 Å². The topological polar surface area (TPSA) is 64.9 Å². The van der Waals surface area contributed by atoms with Crippen LogP contribution in [0.4, 0.5) is 4.79 Å². The number of imidazole rings is 1. The van der Waals surface area contributed by atoms with E-state index in [-0.39, 0.29) is 18.0 Å². The molecule has 150 valence electrons. The van der Waals surface area contributed by atoms with Crippen LogP contribution < -0.4 is 0 Å². The molecule has 0 saturated carbocycles. The lowest BCUT2D eigenvalue weighted by Gasteiger charge is -2.34. The van der Waals surface area contributed by atoms with Crippen molar-refractivity contribution in [2.75, 3.05) is 53.4 Å². The molecule has 0 spiro atoms. The average Bonchev–Trinajstić information content (AvgIpc) is 3.31. The van der Waals surface area contributed by atoms with Gasteiger partial charge in [-0.3, -0.25) is 4.79 Å². The molecule has 2 fully saturated rings. The first-order valence-electron chi connectivity index (χ1n) is 9.93. The molecule has 1 unspecified atom stereocenters. The number of likely N-dealkylation sites (tertiary alicyclic amines) is 2. The van der Waals surface area contributed by atoms with Gasteiger partial charge in [-0.25, -0.2) is 9.78 Å². The quantitative estimate of drug-likeness (QED) is 0.772. The predicted molar refractivity (Wildman–Crippen MR) is 104 cm³/mol. The van der Waals surface area contributed by atoms with Gasteiger partial charge in [0.1, 0.15) is 5.69 Å². The molecular formula is C19H32N6O2. The summed E-state index contributed by atoms with van der Waals surface area (Å²) in [5.74, 6) is -0.00853. The van der Waals surface area contributed by atoms with Crippen molar-refractivity contribution in [2.45, 2.75) is 31.7 Å². The standard InChI is InChI=1S/C19H32N6O2/c1-21(2)19(27)25(12-11-23-8-5-4-6-9-23)16-7-10-24(14-16)18(26)17-13-20-15-22(17)3/h13,15-16H,4-12,14H2,1-3H3. The van der Waals surface area contributed by atoms with E-state index < -0.39 is 0 Å². The van der Waals surface area contributed by atoms with Crippen LogP contribution in [0.25, 0.3) is 0 Å². The first-order valence-corrected chi connectivity index (χ1v) is 9.93. The number of rotatable bonds is 5. The molecule has 0 radical (unpaired) electrons. The van der Waals surface area contributed by atoms with Gasteiger partial charge in [0, 0.05) is 47.3 Å². The van der Waals surface area contributed by atoms with Gasteiger partial charge in [-0.1, -0.05) is 6.42 Å². The van der Waals surface area contributed by atoms with E-state index in [0.717, 1.165) is 32.6 Å². The molecule has 1 atom stereocenters. The Kier molecular flexibility index (Phi) is 6.36. The summed E-state index contributed by atoms with van der Waals surface area (Å²) in [5, 5.41) is 0. The fourth-order valence-corrected chi connectivity index (χ4v) is 4.03. The van der Waals surface area contributed by atoms with Gasteiger partial charge < -0.3 is 24.2 Å². The zero-order chi connectivity index (χ0) is 19.4. The van der Waals surface area contributed by atoms with Gasteiger partial charge in [-0.05, 0) is 32.4 Å². The van der Waals surface area contributed by atoms with E-state index in [2.05, 4.69) is 9.88 Å². The molecule has 3 heterocycles. The van der Waals surface area contributed by atoms with E-state index in [1.54, 1.807) is 36.1 Å². The summed E-state index contributed by atoms with van der Waals surface area (Å²) >= 11 is 0. The second kappa shape index (κ2) is 8.73. The normalized spacial score (nSPS) is 20.7. The molecule has 0 aliphatic carbocycles. The van der Waals surface area contributed by atoms with Gasteiger partial charge in [-0.15, -0.1) is 0 Å². The minimum Gasteiger partial charge on any atom is -0.335 e. The Labute approximate surface area is 161 Å². The number of urea groups is 1. The van der Waals surface area contributed by atoms with Gasteiger partial charge in [0.25, 0.3) is 5.91 Å². The minimum absolute atomic E-state index is 0.00853. The van der Waals surface area contributed by atoms with Crippen molar-refractivity contribution >= 4 is 11.9 Å². The maximum absolute atomic E-state index is 12.8. The summed E-state index contributed by atoms with van der Waals surface area (Å²) in [6.45, 7) is 5.14. The van der Waals surface area contributed by atoms with E-state index in [9.17, 15) is 9.59 Å². The molecule has 27 heavy (non-hydrogen) atoms. The number of nitrogens with zero attached hydrogens (tertiary/aromatic N) is 6. The first-order chi connectivity index (χ1) is 13.0. The summed E-state index contributed by atoms with van der Waals surface area (Å²) in [6.07, 6.45) is 7.87. The van der Waals surface area contributed by atoms with Crippen LogP contribution in [0, 0.1) is 0 Å². The Hall–Kier alpha value is -2.09. The van der Waals surface area contributed by atoms with Crippen molar-refractivity contribution in [1.82, 2.24) is 29.2 Å². The second-order valence-corrected chi connectivity index (χ2v) is 7.86. The molecule has 2 aliphatic heterocycles. The molecule has 8 heteroatoms. The lowest BCUT2D eigenvalue weighted by atomic mass is 10.1. The molecule has 1 aromatic heterocycles. The molecule has 8 nitrogen and oxygen atoms in total. The first kappa shape index (κ1) is 19.7. The van der Waals surface area contributed by atoms with Crippen molar-refractivity contribution in [3.05, 3.63) is 18.2 Å². The van der Waals surface area contributed by atoms with Crippen LogP contribution in [0.5, 0.6) is 0 Å². The molecule has 2 aliphatic rings. The van der Waals surface area contributed by atoms with E-state index in [4.69, 9.17) is 0 Å². The van der Waals surface area contributed by atoms with Crippen LogP contribution in [0.15, 0.2) is 12.5 Å². The van der Waals surface area contributed by atoms with Gasteiger partial charge >= 0.3 is 6.03 Å². The average molecular weight is 377 g/mol. The number of aryl methyl sites for hydroxylation is 1. The highest BCUT2D eigenvalue weighted by Gasteiger charge is 2.34. The van der Waals surface area contributed by atoms with E-state index in [1.165, 1.54) is 19.3 Å². The maximum Gasteiger partial charge on any atom is 0.319 e.